The molecule has 0 aliphatic heterocycles. The Hall–Kier alpha value is -3.95. The van der Waals surface area contributed by atoms with E-state index in [1.807, 2.05) is 19.1 Å². The first-order chi connectivity index (χ1) is 16.5. The van der Waals surface area contributed by atoms with Crippen LogP contribution in [0.15, 0.2) is 59.3 Å². The number of fused-ring (bicyclic) bond motifs is 1. The maximum Gasteiger partial charge on any atom is 0.417 e. The number of hydrogen-bond acceptors (Lipinski definition) is 7. The van der Waals surface area contributed by atoms with Crippen molar-refractivity contribution in [3.63, 3.8) is 0 Å². The largest absolute Gasteiger partial charge is 0.461 e. The SMILES string of the molecule is Cc1oc2ccc(NC(=O)Oc3ccccc3Cl)cc2c1CCNCc1cncc(NC=O)n1. The number of carbonyl (C=O) groups excluding carboxylic acids is 2. The molecule has 0 aliphatic rings. The van der Waals surface area contributed by atoms with E-state index in [2.05, 4.69) is 25.9 Å². The number of nitrogens with one attached hydrogen (secondary N) is 3. The smallest absolute Gasteiger partial charge is 0.417 e. The molecule has 4 rings (SSSR count). The molecule has 3 N–H and O–H groups in total. The molecule has 2 amide bonds. The third kappa shape index (κ3) is 5.69. The molecule has 174 valence electrons. The maximum atomic E-state index is 12.3. The van der Waals surface area contributed by atoms with Gasteiger partial charge >= 0.3 is 6.09 Å². The van der Waals surface area contributed by atoms with Crippen LogP contribution >= 0.6 is 11.6 Å². The third-order valence-corrected chi connectivity index (χ3v) is 5.34. The average Bonchev–Trinajstić information content (AvgIpc) is 3.13. The van der Waals surface area contributed by atoms with E-state index < -0.39 is 6.09 Å². The number of nitrogens with zero attached hydrogens (tertiary/aromatic N) is 2. The van der Waals surface area contributed by atoms with E-state index in [-0.39, 0.29) is 5.75 Å². The Morgan fingerprint density at radius 3 is 2.88 bits per heavy atom. The molecule has 4 aromatic rings. The maximum absolute atomic E-state index is 12.3. The van der Waals surface area contributed by atoms with Crippen molar-refractivity contribution in [1.82, 2.24) is 15.3 Å². The second-order valence-electron chi connectivity index (χ2n) is 7.38. The Balaban J connectivity index is 1.39. The second kappa shape index (κ2) is 10.8. The average molecular weight is 480 g/mol. The second-order valence-corrected chi connectivity index (χ2v) is 7.78. The molecule has 0 saturated heterocycles. The number of anilines is 2. The zero-order valence-corrected chi connectivity index (χ0v) is 19.1. The lowest BCUT2D eigenvalue weighted by molar-refractivity contribution is -0.105. The molecule has 10 heteroatoms. The van der Waals surface area contributed by atoms with Crippen molar-refractivity contribution >= 4 is 46.6 Å². The number of furan rings is 1. The summed E-state index contributed by atoms with van der Waals surface area (Å²) in [5.41, 5.74) is 3.06. The summed E-state index contributed by atoms with van der Waals surface area (Å²) in [7, 11) is 0. The van der Waals surface area contributed by atoms with Gasteiger partial charge in [-0.15, -0.1) is 0 Å². The van der Waals surface area contributed by atoms with Gasteiger partial charge in [0.15, 0.2) is 11.6 Å². The Kier molecular flexibility index (Phi) is 7.36. The van der Waals surface area contributed by atoms with Crippen molar-refractivity contribution in [2.24, 2.45) is 0 Å². The van der Waals surface area contributed by atoms with E-state index in [0.717, 1.165) is 22.3 Å². The normalized spacial score (nSPS) is 10.8. The van der Waals surface area contributed by atoms with Crippen LogP contribution in [0, 0.1) is 6.92 Å². The molecule has 2 aromatic carbocycles. The number of rotatable bonds is 9. The van der Waals surface area contributed by atoms with E-state index in [1.54, 1.807) is 36.5 Å². The van der Waals surface area contributed by atoms with E-state index in [4.69, 9.17) is 20.8 Å². The lowest BCUT2D eigenvalue weighted by atomic mass is 10.1. The lowest BCUT2D eigenvalue weighted by Gasteiger charge is -2.08. The predicted molar refractivity (Wildman–Crippen MR) is 129 cm³/mol. The molecule has 9 nitrogen and oxygen atoms in total. The quantitative estimate of drug-likeness (QED) is 0.235. The number of halogens is 1. The molecule has 0 aliphatic carbocycles. The molecule has 2 aromatic heterocycles. The number of aryl methyl sites for hydroxylation is 1. The number of benzene rings is 2. The van der Waals surface area contributed by atoms with Gasteiger partial charge in [-0.1, -0.05) is 23.7 Å². The minimum Gasteiger partial charge on any atom is -0.461 e. The molecular weight excluding hydrogens is 458 g/mol. The van der Waals surface area contributed by atoms with Crippen LogP contribution in [0.5, 0.6) is 5.75 Å². The summed E-state index contributed by atoms with van der Waals surface area (Å²) in [6, 6.07) is 12.2. The predicted octanol–water partition coefficient (Wildman–Crippen LogP) is 4.70. The molecule has 0 radical (unpaired) electrons. The molecule has 0 spiro atoms. The summed E-state index contributed by atoms with van der Waals surface area (Å²) in [6.07, 6.45) is 3.75. The molecule has 0 atom stereocenters. The van der Waals surface area contributed by atoms with Crippen molar-refractivity contribution in [3.8, 4) is 5.75 Å². The molecular formula is C24H22ClN5O4. The summed E-state index contributed by atoms with van der Waals surface area (Å²) in [5, 5.41) is 9.79. The highest BCUT2D eigenvalue weighted by Gasteiger charge is 2.14. The van der Waals surface area contributed by atoms with Crippen LogP contribution in [0.3, 0.4) is 0 Å². The van der Waals surface area contributed by atoms with E-state index in [1.165, 1.54) is 6.20 Å². The minimum absolute atomic E-state index is 0.283. The van der Waals surface area contributed by atoms with Crippen molar-refractivity contribution in [1.29, 1.82) is 0 Å². The fraction of sp³-hybridized carbons (Fsp3) is 0.167. The monoisotopic (exact) mass is 479 g/mol. The van der Waals surface area contributed by atoms with Gasteiger partial charge in [0.25, 0.3) is 0 Å². The Morgan fingerprint density at radius 1 is 1.21 bits per heavy atom. The number of ether oxygens (including phenoxy) is 1. The Bertz CT molecular complexity index is 1320. The van der Waals surface area contributed by atoms with Gasteiger partial charge < -0.3 is 19.8 Å². The molecule has 34 heavy (non-hydrogen) atoms. The van der Waals surface area contributed by atoms with Gasteiger partial charge in [-0.3, -0.25) is 15.1 Å². The van der Waals surface area contributed by atoms with Crippen molar-refractivity contribution < 1.29 is 18.7 Å². The fourth-order valence-electron chi connectivity index (χ4n) is 3.48. The molecule has 0 fully saturated rings. The number of para-hydroxylation sites is 1. The number of carbonyl (C=O) groups is 2. The fourth-order valence-corrected chi connectivity index (χ4v) is 3.66. The molecule has 0 bridgehead atoms. The van der Waals surface area contributed by atoms with Crippen LogP contribution in [-0.2, 0) is 17.8 Å². The van der Waals surface area contributed by atoms with Gasteiger partial charge in [0, 0.05) is 29.4 Å². The lowest BCUT2D eigenvalue weighted by Crippen LogP contribution is -2.18. The standard InChI is InChI=1S/C24H22ClN5O4/c1-15-18(8-9-26-11-17-12-27-13-23(29-17)28-14-31)19-10-16(6-7-21(19)33-15)30-24(32)34-22-5-3-2-4-20(22)25/h2-7,10,12-14,26H,8-9,11H2,1H3,(H,30,32)(H,28,29,31). The minimum atomic E-state index is -0.636. The molecule has 0 unspecified atom stereocenters. The first kappa shape index (κ1) is 23.2. The van der Waals surface area contributed by atoms with E-state index in [9.17, 15) is 9.59 Å². The van der Waals surface area contributed by atoms with Gasteiger partial charge in [0.05, 0.1) is 16.9 Å². The van der Waals surface area contributed by atoms with Gasteiger partial charge in [-0.2, -0.15) is 0 Å². The van der Waals surface area contributed by atoms with Gasteiger partial charge in [0.1, 0.15) is 11.3 Å². The highest BCUT2D eigenvalue weighted by atomic mass is 35.5. The van der Waals surface area contributed by atoms with Crippen molar-refractivity contribution in [3.05, 3.63) is 76.9 Å². The van der Waals surface area contributed by atoms with Crippen molar-refractivity contribution in [2.45, 2.75) is 19.9 Å². The highest BCUT2D eigenvalue weighted by molar-refractivity contribution is 6.32. The molecule has 0 saturated carbocycles. The topological polar surface area (TPSA) is 118 Å². The van der Waals surface area contributed by atoms with Gasteiger partial charge in [-0.05, 0) is 50.2 Å². The van der Waals surface area contributed by atoms with Crippen LogP contribution in [0.25, 0.3) is 11.0 Å². The van der Waals surface area contributed by atoms with Gasteiger partial charge in [0.2, 0.25) is 6.41 Å². The van der Waals surface area contributed by atoms with Crippen LogP contribution in [0.4, 0.5) is 16.3 Å². The highest BCUT2D eigenvalue weighted by Crippen LogP contribution is 2.29. The summed E-state index contributed by atoms with van der Waals surface area (Å²) in [5.74, 6) is 1.49. The van der Waals surface area contributed by atoms with Crippen LogP contribution in [-0.4, -0.2) is 29.0 Å². The Labute approximate surface area is 200 Å². The van der Waals surface area contributed by atoms with Crippen molar-refractivity contribution in [2.75, 3.05) is 17.2 Å². The third-order valence-electron chi connectivity index (χ3n) is 5.03. The first-order valence-corrected chi connectivity index (χ1v) is 10.9. The van der Waals surface area contributed by atoms with Gasteiger partial charge in [-0.25, -0.2) is 9.78 Å². The van der Waals surface area contributed by atoms with E-state index >= 15 is 0 Å². The van der Waals surface area contributed by atoms with E-state index in [0.29, 0.717) is 48.1 Å². The van der Waals surface area contributed by atoms with Crippen LogP contribution in [0.1, 0.15) is 17.0 Å². The van der Waals surface area contributed by atoms with Crippen LogP contribution in [0.2, 0.25) is 5.02 Å². The zero-order valence-electron chi connectivity index (χ0n) is 18.3. The first-order valence-electron chi connectivity index (χ1n) is 10.5. The molecule has 2 heterocycles. The summed E-state index contributed by atoms with van der Waals surface area (Å²) >= 11 is 6.05. The summed E-state index contributed by atoms with van der Waals surface area (Å²) in [6.45, 7) is 3.07. The van der Waals surface area contributed by atoms with Crippen LogP contribution < -0.4 is 20.7 Å². The Morgan fingerprint density at radius 2 is 2.06 bits per heavy atom. The zero-order chi connectivity index (χ0) is 23.9. The number of aromatic nitrogens is 2. The summed E-state index contributed by atoms with van der Waals surface area (Å²) < 4.78 is 11.2. The number of amides is 2. The summed E-state index contributed by atoms with van der Waals surface area (Å²) in [4.78, 5) is 31.2. The number of hydrogen-bond donors (Lipinski definition) is 3.